The van der Waals surface area contributed by atoms with E-state index in [9.17, 15) is 10.1 Å². The number of aliphatic hydroxyl groups excluding tert-OH is 1. The van der Waals surface area contributed by atoms with E-state index in [0.717, 1.165) is 25.9 Å². The fourth-order valence-corrected chi connectivity index (χ4v) is 2.68. The summed E-state index contributed by atoms with van der Waals surface area (Å²) in [6.07, 6.45) is 3.61. The van der Waals surface area contributed by atoms with Gasteiger partial charge in [-0.3, -0.25) is 10.1 Å². The van der Waals surface area contributed by atoms with Gasteiger partial charge in [-0.05, 0) is 37.3 Å². The zero-order valence-electron chi connectivity index (χ0n) is 11.9. The van der Waals surface area contributed by atoms with Crippen LogP contribution in [0, 0.1) is 27.4 Å². The Morgan fingerprint density at radius 3 is 2.67 bits per heavy atom. The third-order valence-corrected chi connectivity index (χ3v) is 3.82. The van der Waals surface area contributed by atoms with E-state index in [-0.39, 0.29) is 17.2 Å². The molecule has 1 aliphatic heterocycles. The van der Waals surface area contributed by atoms with Gasteiger partial charge >= 0.3 is 0 Å². The Balaban J connectivity index is 2.26. The van der Waals surface area contributed by atoms with Crippen LogP contribution in [0.2, 0.25) is 0 Å². The van der Waals surface area contributed by atoms with E-state index in [1.54, 1.807) is 6.07 Å². The first-order valence-corrected chi connectivity index (χ1v) is 7.18. The molecule has 1 heterocycles. The summed E-state index contributed by atoms with van der Waals surface area (Å²) in [5.41, 5.74) is 1.45. The van der Waals surface area contributed by atoms with Gasteiger partial charge in [0.2, 0.25) is 0 Å². The number of anilines is 1. The summed E-state index contributed by atoms with van der Waals surface area (Å²) >= 11 is 0. The maximum absolute atomic E-state index is 11.3. The Labute approximate surface area is 123 Å². The fraction of sp³-hybridized carbons (Fsp3) is 0.533. The first kappa shape index (κ1) is 15.3. The highest BCUT2D eigenvalue weighted by molar-refractivity contribution is 5.64. The second-order valence-corrected chi connectivity index (χ2v) is 5.34. The minimum Gasteiger partial charge on any atom is -0.395 e. The first-order valence-electron chi connectivity index (χ1n) is 7.18. The summed E-state index contributed by atoms with van der Waals surface area (Å²) in [6, 6.07) is 7.11. The molecule has 1 aromatic rings. The van der Waals surface area contributed by atoms with Crippen LogP contribution in [-0.4, -0.2) is 29.7 Å². The van der Waals surface area contributed by atoms with Crippen molar-refractivity contribution in [2.75, 3.05) is 24.6 Å². The zero-order valence-corrected chi connectivity index (χ0v) is 11.9. The predicted molar refractivity (Wildman–Crippen MR) is 79.1 cm³/mol. The number of hydrogen-bond acceptors (Lipinski definition) is 5. The first-order chi connectivity index (χ1) is 10.2. The second-order valence-electron chi connectivity index (χ2n) is 5.34. The van der Waals surface area contributed by atoms with Gasteiger partial charge in [0.15, 0.2) is 0 Å². The highest BCUT2D eigenvalue weighted by atomic mass is 16.6. The van der Waals surface area contributed by atoms with Crippen LogP contribution in [0.3, 0.4) is 0 Å². The lowest BCUT2D eigenvalue weighted by atomic mass is 10.00. The number of nitro benzene ring substituents is 1. The van der Waals surface area contributed by atoms with E-state index < -0.39 is 5.92 Å². The molecule has 0 aromatic heterocycles. The van der Waals surface area contributed by atoms with Crippen molar-refractivity contribution in [1.82, 2.24) is 0 Å². The smallest absolute Gasteiger partial charge is 0.292 e. The molecule has 0 saturated carbocycles. The summed E-state index contributed by atoms with van der Waals surface area (Å²) in [4.78, 5) is 13.0. The molecule has 6 nitrogen and oxygen atoms in total. The highest BCUT2D eigenvalue weighted by Gasteiger charge is 2.22. The van der Waals surface area contributed by atoms with E-state index in [0.29, 0.717) is 17.7 Å². The van der Waals surface area contributed by atoms with Crippen molar-refractivity contribution in [3.05, 3.63) is 33.9 Å². The van der Waals surface area contributed by atoms with Gasteiger partial charge in [0.1, 0.15) is 5.69 Å². The Morgan fingerprint density at radius 2 is 2.10 bits per heavy atom. The molecule has 2 rings (SSSR count). The van der Waals surface area contributed by atoms with Crippen LogP contribution < -0.4 is 4.90 Å². The number of rotatable bonds is 5. The predicted octanol–water partition coefficient (Wildman–Crippen LogP) is 2.26. The van der Waals surface area contributed by atoms with Crippen molar-refractivity contribution in [2.24, 2.45) is 5.92 Å². The number of nitrogens with zero attached hydrogens (tertiary/aromatic N) is 3. The van der Waals surface area contributed by atoms with Gasteiger partial charge in [0.25, 0.3) is 5.69 Å². The molecule has 6 heteroatoms. The topological polar surface area (TPSA) is 90.4 Å². The maximum Gasteiger partial charge on any atom is 0.292 e. The number of aliphatic hydroxyl groups is 1. The molecular formula is C15H19N3O3. The van der Waals surface area contributed by atoms with Gasteiger partial charge in [-0.2, -0.15) is 5.26 Å². The Hall–Kier alpha value is -2.13. The molecule has 112 valence electrons. The maximum atomic E-state index is 11.3. The molecule has 1 unspecified atom stereocenters. The lowest BCUT2D eigenvalue weighted by molar-refractivity contribution is -0.384. The molecule has 1 N–H and O–H groups in total. The summed E-state index contributed by atoms with van der Waals surface area (Å²) in [5.74, 6) is -0.523. The monoisotopic (exact) mass is 289 g/mol. The number of nitro groups is 1. The molecule has 1 saturated heterocycles. The minimum atomic E-state index is -0.523. The SMILES string of the molecule is N#CC(CO)Cc1ccc(N2CCCCC2)c([N+](=O)[O-])c1. The van der Waals surface area contributed by atoms with Crippen LogP contribution in [-0.2, 0) is 6.42 Å². The molecule has 0 amide bonds. The van der Waals surface area contributed by atoms with E-state index in [1.165, 1.54) is 12.5 Å². The van der Waals surface area contributed by atoms with Crippen LogP contribution in [0.15, 0.2) is 18.2 Å². The average molecular weight is 289 g/mol. The van der Waals surface area contributed by atoms with Crippen molar-refractivity contribution in [1.29, 1.82) is 5.26 Å². The number of nitriles is 1. The average Bonchev–Trinajstić information content (AvgIpc) is 2.53. The number of benzene rings is 1. The summed E-state index contributed by atoms with van der Waals surface area (Å²) < 4.78 is 0. The third kappa shape index (κ3) is 3.70. The summed E-state index contributed by atoms with van der Waals surface area (Å²) in [5, 5.41) is 29.2. The molecule has 1 aliphatic rings. The van der Waals surface area contributed by atoms with Crippen molar-refractivity contribution in [3.8, 4) is 6.07 Å². The molecule has 21 heavy (non-hydrogen) atoms. The van der Waals surface area contributed by atoms with Crippen LogP contribution >= 0.6 is 0 Å². The zero-order chi connectivity index (χ0) is 15.2. The molecular weight excluding hydrogens is 270 g/mol. The molecule has 1 aromatic carbocycles. The molecule has 0 spiro atoms. The van der Waals surface area contributed by atoms with Crippen LogP contribution in [0.25, 0.3) is 0 Å². The normalized spacial score (nSPS) is 16.3. The standard InChI is InChI=1S/C15H19N3O3/c16-10-13(11-19)8-12-4-5-14(15(9-12)18(20)21)17-6-2-1-3-7-17/h4-5,9,13,19H,1-3,6-8,11H2. The second kappa shape index (κ2) is 7.04. The van der Waals surface area contributed by atoms with Gasteiger partial charge in [-0.25, -0.2) is 0 Å². The Morgan fingerprint density at radius 1 is 1.38 bits per heavy atom. The largest absolute Gasteiger partial charge is 0.395 e. The minimum absolute atomic E-state index is 0.0871. The van der Waals surface area contributed by atoms with Crippen molar-refractivity contribution >= 4 is 11.4 Å². The lowest BCUT2D eigenvalue weighted by Gasteiger charge is -2.28. The van der Waals surface area contributed by atoms with E-state index >= 15 is 0 Å². The number of piperidine rings is 1. The van der Waals surface area contributed by atoms with Gasteiger partial charge in [0, 0.05) is 19.2 Å². The Kier molecular flexibility index (Phi) is 5.12. The van der Waals surface area contributed by atoms with Crippen molar-refractivity contribution in [2.45, 2.75) is 25.7 Å². The van der Waals surface area contributed by atoms with Gasteiger partial charge in [-0.15, -0.1) is 0 Å². The Bertz CT molecular complexity index is 548. The van der Waals surface area contributed by atoms with Crippen LogP contribution in [0.4, 0.5) is 11.4 Å². The molecule has 0 bridgehead atoms. The molecule has 1 atom stereocenters. The summed E-state index contributed by atoms with van der Waals surface area (Å²) in [6.45, 7) is 1.45. The molecule has 0 radical (unpaired) electrons. The van der Waals surface area contributed by atoms with Crippen molar-refractivity contribution in [3.63, 3.8) is 0 Å². The van der Waals surface area contributed by atoms with Gasteiger partial charge in [-0.1, -0.05) is 6.07 Å². The van der Waals surface area contributed by atoms with Crippen molar-refractivity contribution < 1.29 is 10.0 Å². The van der Waals surface area contributed by atoms with Gasteiger partial charge in [0.05, 0.1) is 23.5 Å². The van der Waals surface area contributed by atoms with E-state index in [1.807, 2.05) is 12.1 Å². The van der Waals surface area contributed by atoms with Crippen LogP contribution in [0.5, 0.6) is 0 Å². The molecule has 0 aliphatic carbocycles. The van der Waals surface area contributed by atoms with Gasteiger partial charge < -0.3 is 10.0 Å². The highest BCUT2D eigenvalue weighted by Crippen LogP contribution is 2.31. The van der Waals surface area contributed by atoms with Crippen LogP contribution in [0.1, 0.15) is 24.8 Å². The third-order valence-electron chi connectivity index (χ3n) is 3.82. The van der Waals surface area contributed by atoms with E-state index in [2.05, 4.69) is 4.90 Å². The number of hydrogen-bond donors (Lipinski definition) is 1. The fourth-order valence-electron chi connectivity index (χ4n) is 2.68. The van der Waals surface area contributed by atoms with E-state index in [4.69, 9.17) is 10.4 Å². The summed E-state index contributed by atoms with van der Waals surface area (Å²) in [7, 11) is 0. The molecule has 1 fully saturated rings. The quantitative estimate of drug-likeness (QED) is 0.663. The lowest BCUT2D eigenvalue weighted by Crippen LogP contribution is -2.30.